The Kier molecular flexibility index (Phi) is 5.39. The summed E-state index contributed by atoms with van der Waals surface area (Å²) in [7, 11) is 0. The van der Waals surface area contributed by atoms with Gasteiger partial charge in [0.2, 0.25) is 0 Å². The quantitative estimate of drug-likeness (QED) is 0.620. The molecule has 0 fully saturated rings. The number of benzene rings is 2. The summed E-state index contributed by atoms with van der Waals surface area (Å²) in [5.41, 5.74) is 1.31. The Morgan fingerprint density at radius 2 is 1.78 bits per heavy atom. The van der Waals surface area contributed by atoms with E-state index in [1.165, 1.54) is 0 Å². The van der Waals surface area contributed by atoms with Crippen LogP contribution in [-0.2, 0) is 4.74 Å². The molecule has 0 aliphatic heterocycles. The molecule has 1 N–H and O–H groups in total. The van der Waals surface area contributed by atoms with E-state index in [2.05, 4.69) is 5.32 Å². The molecular formula is C18H18ClNO2S. The summed E-state index contributed by atoms with van der Waals surface area (Å²) in [6.45, 7) is 5.43. The minimum atomic E-state index is -0.580. The van der Waals surface area contributed by atoms with Crippen LogP contribution in [0.1, 0.15) is 36.7 Å². The molecule has 0 saturated carbocycles. The molecule has 0 aromatic heterocycles. The molecule has 0 saturated heterocycles. The van der Waals surface area contributed by atoms with E-state index in [0.29, 0.717) is 21.3 Å². The van der Waals surface area contributed by atoms with Crippen molar-refractivity contribution in [1.29, 1.82) is 0 Å². The molecule has 0 atom stereocenters. The first-order valence-corrected chi connectivity index (χ1v) is 7.94. The predicted molar refractivity (Wildman–Crippen MR) is 98.4 cm³/mol. The van der Waals surface area contributed by atoms with Crippen LogP contribution in [0.25, 0.3) is 0 Å². The Morgan fingerprint density at radius 1 is 1.13 bits per heavy atom. The van der Waals surface area contributed by atoms with Gasteiger partial charge in [0, 0.05) is 11.3 Å². The molecule has 0 heterocycles. The minimum absolute atomic E-state index is 0.308. The number of hydrogen-bond donors (Lipinski definition) is 1. The van der Waals surface area contributed by atoms with Gasteiger partial charge in [-0.25, -0.2) is 4.79 Å². The van der Waals surface area contributed by atoms with Crippen LogP contribution in [0.5, 0.6) is 0 Å². The van der Waals surface area contributed by atoms with Crippen molar-refractivity contribution in [3.63, 3.8) is 0 Å². The number of hydrogen-bond acceptors (Lipinski definition) is 3. The molecule has 0 spiro atoms. The van der Waals surface area contributed by atoms with Crippen LogP contribution in [0, 0.1) is 0 Å². The van der Waals surface area contributed by atoms with Crippen LogP contribution in [0.4, 0.5) is 5.69 Å². The summed E-state index contributed by atoms with van der Waals surface area (Å²) in [5, 5.41) is 3.45. The Hall–Kier alpha value is -1.91. The molecule has 0 radical (unpaired) electrons. The maximum atomic E-state index is 12.2. The van der Waals surface area contributed by atoms with E-state index >= 15 is 0 Å². The summed E-state index contributed by atoms with van der Waals surface area (Å²) < 4.78 is 5.37. The van der Waals surface area contributed by atoms with Gasteiger partial charge in [-0.1, -0.05) is 54.2 Å². The number of nitrogens with one attached hydrogen (secondary N) is 1. The van der Waals surface area contributed by atoms with Crippen molar-refractivity contribution < 1.29 is 9.53 Å². The van der Waals surface area contributed by atoms with Gasteiger partial charge >= 0.3 is 5.97 Å². The zero-order chi connectivity index (χ0) is 17.0. The molecule has 0 aliphatic carbocycles. The number of carbonyl (C=O) groups excluding carboxylic acids is 1. The van der Waals surface area contributed by atoms with Crippen molar-refractivity contribution >= 4 is 40.5 Å². The predicted octanol–water partition coefficient (Wildman–Crippen LogP) is 5.08. The summed E-state index contributed by atoms with van der Waals surface area (Å²) in [6.07, 6.45) is 0. The highest BCUT2D eigenvalue weighted by atomic mass is 35.5. The van der Waals surface area contributed by atoms with Gasteiger partial charge in [0.05, 0.1) is 10.6 Å². The van der Waals surface area contributed by atoms with Gasteiger partial charge < -0.3 is 10.1 Å². The highest BCUT2D eigenvalue weighted by molar-refractivity contribution is 7.81. The lowest BCUT2D eigenvalue weighted by Crippen LogP contribution is -2.24. The average Bonchev–Trinajstić information content (AvgIpc) is 2.48. The summed E-state index contributed by atoms with van der Waals surface area (Å²) in [4.78, 5) is 12.8. The average molecular weight is 348 g/mol. The molecule has 120 valence electrons. The molecule has 0 amide bonds. The van der Waals surface area contributed by atoms with E-state index in [-0.39, 0.29) is 0 Å². The normalized spacial score (nSPS) is 11.0. The first-order valence-electron chi connectivity index (χ1n) is 7.15. The standard InChI is InChI=1S/C18H18ClNO2S/c1-18(2,3)22-17(21)14-11-13(9-10-15(14)19)20-16(23)12-7-5-4-6-8-12/h4-11H,1-3H3,(H,20,23). The fourth-order valence-corrected chi connectivity index (χ4v) is 2.33. The van der Waals surface area contributed by atoms with E-state index in [4.69, 9.17) is 28.6 Å². The molecule has 2 aromatic rings. The molecule has 2 rings (SSSR count). The van der Waals surface area contributed by atoms with Crippen molar-refractivity contribution in [3.8, 4) is 0 Å². The summed E-state index contributed by atoms with van der Waals surface area (Å²) >= 11 is 11.5. The van der Waals surface area contributed by atoms with Crippen molar-refractivity contribution in [2.24, 2.45) is 0 Å². The van der Waals surface area contributed by atoms with Gasteiger partial charge in [-0.15, -0.1) is 0 Å². The van der Waals surface area contributed by atoms with Gasteiger partial charge in [0.1, 0.15) is 10.6 Å². The number of rotatable bonds is 3. The number of thiocarbonyl (C=S) groups is 1. The number of anilines is 1. The summed E-state index contributed by atoms with van der Waals surface area (Å²) in [6, 6.07) is 14.7. The minimum Gasteiger partial charge on any atom is -0.456 e. The van der Waals surface area contributed by atoms with Crippen LogP contribution in [0.3, 0.4) is 0 Å². The molecule has 5 heteroatoms. The van der Waals surface area contributed by atoms with Crippen LogP contribution in [0.2, 0.25) is 5.02 Å². The second-order valence-corrected chi connectivity index (χ2v) is 6.83. The number of halogens is 1. The molecule has 0 aliphatic rings. The smallest absolute Gasteiger partial charge is 0.340 e. The third-order valence-electron chi connectivity index (χ3n) is 2.88. The van der Waals surface area contributed by atoms with Gasteiger partial charge in [0.15, 0.2) is 0 Å². The van der Waals surface area contributed by atoms with Crippen LogP contribution in [-0.4, -0.2) is 16.6 Å². The summed E-state index contributed by atoms with van der Waals surface area (Å²) in [5.74, 6) is -0.461. The van der Waals surface area contributed by atoms with E-state index in [1.54, 1.807) is 18.2 Å². The van der Waals surface area contributed by atoms with Crippen molar-refractivity contribution in [2.75, 3.05) is 5.32 Å². The molecule has 2 aromatic carbocycles. The number of carbonyl (C=O) groups is 1. The lowest BCUT2D eigenvalue weighted by Gasteiger charge is -2.20. The zero-order valence-electron chi connectivity index (χ0n) is 13.2. The van der Waals surface area contributed by atoms with Gasteiger partial charge in [-0.3, -0.25) is 0 Å². The van der Waals surface area contributed by atoms with Crippen LogP contribution >= 0.6 is 23.8 Å². The Labute approximate surface area is 146 Å². The fraction of sp³-hybridized carbons (Fsp3) is 0.222. The van der Waals surface area contributed by atoms with E-state index in [9.17, 15) is 4.79 Å². The van der Waals surface area contributed by atoms with Crippen molar-refractivity contribution in [2.45, 2.75) is 26.4 Å². The number of esters is 1. The van der Waals surface area contributed by atoms with E-state index in [0.717, 1.165) is 5.56 Å². The fourth-order valence-electron chi connectivity index (χ4n) is 1.89. The number of ether oxygens (including phenoxy) is 1. The topological polar surface area (TPSA) is 38.3 Å². The first-order chi connectivity index (χ1) is 10.8. The van der Waals surface area contributed by atoms with E-state index < -0.39 is 11.6 Å². The molecule has 3 nitrogen and oxygen atoms in total. The molecule has 0 bridgehead atoms. The zero-order valence-corrected chi connectivity index (χ0v) is 14.8. The monoisotopic (exact) mass is 347 g/mol. The third-order valence-corrected chi connectivity index (χ3v) is 3.55. The largest absolute Gasteiger partial charge is 0.456 e. The molecular weight excluding hydrogens is 330 g/mol. The Morgan fingerprint density at radius 3 is 2.39 bits per heavy atom. The second kappa shape index (κ2) is 7.11. The van der Waals surface area contributed by atoms with Crippen molar-refractivity contribution in [1.82, 2.24) is 0 Å². The maximum Gasteiger partial charge on any atom is 0.340 e. The van der Waals surface area contributed by atoms with E-state index in [1.807, 2.05) is 51.1 Å². The molecule has 23 heavy (non-hydrogen) atoms. The van der Waals surface area contributed by atoms with Gasteiger partial charge in [-0.05, 0) is 39.0 Å². The van der Waals surface area contributed by atoms with Crippen LogP contribution < -0.4 is 5.32 Å². The van der Waals surface area contributed by atoms with Crippen LogP contribution in [0.15, 0.2) is 48.5 Å². The Balaban J connectivity index is 2.20. The first kappa shape index (κ1) is 17.4. The maximum absolute atomic E-state index is 12.2. The SMILES string of the molecule is CC(C)(C)OC(=O)c1cc(NC(=S)c2ccccc2)ccc1Cl. The lowest BCUT2D eigenvalue weighted by atomic mass is 10.1. The highest BCUT2D eigenvalue weighted by Crippen LogP contribution is 2.24. The Bertz CT molecular complexity index is 724. The molecule has 0 unspecified atom stereocenters. The second-order valence-electron chi connectivity index (χ2n) is 6.02. The van der Waals surface area contributed by atoms with Gasteiger partial charge in [-0.2, -0.15) is 0 Å². The lowest BCUT2D eigenvalue weighted by molar-refractivity contribution is 0.00698. The van der Waals surface area contributed by atoms with Crippen molar-refractivity contribution in [3.05, 3.63) is 64.7 Å². The van der Waals surface area contributed by atoms with Gasteiger partial charge in [0.25, 0.3) is 0 Å². The highest BCUT2D eigenvalue weighted by Gasteiger charge is 2.20. The third kappa shape index (κ3) is 5.05.